The molecule has 9 heteroatoms. The summed E-state index contributed by atoms with van der Waals surface area (Å²) in [4.78, 5) is 17.3. The highest BCUT2D eigenvalue weighted by atomic mass is 32.1. The number of amides is 1. The number of benzene rings is 3. The zero-order valence-corrected chi connectivity index (χ0v) is 22.4. The second kappa shape index (κ2) is 13.1. The summed E-state index contributed by atoms with van der Waals surface area (Å²) < 4.78 is 31.2. The van der Waals surface area contributed by atoms with Gasteiger partial charge in [-0.15, -0.1) is 0 Å². The van der Waals surface area contributed by atoms with Crippen LogP contribution in [0.2, 0.25) is 0 Å². The predicted molar refractivity (Wildman–Crippen MR) is 151 cm³/mol. The molecule has 0 unspecified atom stereocenters. The van der Waals surface area contributed by atoms with E-state index in [-0.39, 0.29) is 18.3 Å². The third kappa shape index (κ3) is 6.92. The summed E-state index contributed by atoms with van der Waals surface area (Å²) in [6.07, 6.45) is 0. The molecule has 1 aliphatic heterocycles. The second-order valence-electron chi connectivity index (χ2n) is 8.62. The van der Waals surface area contributed by atoms with Gasteiger partial charge in [0.25, 0.3) is 5.91 Å². The van der Waals surface area contributed by atoms with Crippen LogP contribution in [-0.2, 0) is 4.79 Å². The molecule has 0 radical (unpaired) electrons. The normalized spacial score (nSPS) is 13.1. The molecule has 1 saturated heterocycles. The summed E-state index contributed by atoms with van der Waals surface area (Å²) in [5.74, 6) is 1.22. The van der Waals surface area contributed by atoms with E-state index in [1.54, 1.807) is 42.5 Å². The van der Waals surface area contributed by atoms with Gasteiger partial charge >= 0.3 is 0 Å². The first-order chi connectivity index (χ1) is 18.5. The molecule has 0 bridgehead atoms. The number of para-hydroxylation sites is 1. The van der Waals surface area contributed by atoms with E-state index in [9.17, 15) is 9.18 Å². The van der Waals surface area contributed by atoms with Gasteiger partial charge in [-0.1, -0.05) is 24.4 Å². The molecular weight excluding hydrogens is 505 g/mol. The Morgan fingerprint density at radius 1 is 0.895 bits per heavy atom. The summed E-state index contributed by atoms with van der Waals surface area (Å²) >= 11 is 5.78. The average molecular weight is 538 g/mol. The van der Waals surface area contributed by atoms with Crippen molar-refractivity contribution in [1.29, 1.82) is 0 Å². The van der Waals surface area contributed by atoms with Crippen LogP contribution in [0.4, 0.5) is 15.8 Å². The van der Waals surface area contributed by atoms with Crippen molar-refractivity contribution in [3.05, 3.63) is 78.1 Å². The first kappa shape index (κ1) is 27.2. The van der Waals surface area contributed by atoms with Crippen molar-refractivity contribution in [3.8, 4) is 17.2 Å². The molecule has 1 N–H and O–H groups in total. The molecule has 1 heterocycles. The van der Waals surface area contributed by atoms with Gasteiger partial charge in [0.1, 0.15) is 16.6 Å². The SMILES string of the molecule is CCOc1ccc(NC(=O)COc2ccc(C(=S)N3CCN(c4ccccc4F)CC3)cc2OCC)cc1. The Hall–Kier alpha value is -3.85. The number of rotatable bonds is 10. The zero-order chi connectivity index (χ0) is 26.9. The lowest BCUT2D eigenvalue weighted by Crippen LogP contribution is -2.48. The Bertz CT molecular complexity index is 1250. The minimum Gasteiger partial charge on any atom is -0.494 e. The Kier molecular flexibility index (Phi) is 9.37. The number of hydrogen-bond acceptors (Lipinski definition) is 6. The first-order valence-corrected chi connectivity index (χ1v) is 13.1. The number of halogens is 1. The number of nitrogens with zero attached hydrogens (tertiary/aromatic N) is 2. The fourth-order valence-corrected chi connectivity index (χ4v) is 4.52. The van der Waals surface area contributed by atoms with Crippen molar-refractivity contribution in [2.24, 2.45) is 0 Å². The van der Waals surface area contributed by atoms with Gasteiger partial charge in [-0.05, 0) is 68.4 Å². The maximum Gasteiger partial charge on any atom is 0.262 e. The summed E-state index contributed by atoms with van der Waals surface area (Å²) in [6.45, 7) is 7.35. The second-order valence-corrected chi connectivity index (χ2v) is 9.01. The molecule has 0 saturated carbocycles. The van der Waals surface area contributed by atoms with Crippen molar-refractivity contribution >= 4 is 34.5 Å². The van der Waals surface area contributed by atoms with Crippen LogP contribution >= 0.6 is 12.2 Å². The van der Waals surface area contributed by atoms with Gasteiger partial charge in [-0.2, -0.15) is 0 Å². The van der Waals surface area contributed by atoms with E-state index in [2.05, 4.69) is 10.2 Å². The van der Waals surface area contributed by atoms with Crippen LogP contribution < -0.4 is 24.4 Å². The number of hydrogen-bond donors (Lipinski definition) is 1. The van der Waals surface area contributed by atoms with Gasteiger partial charge in [0, 0.05) is 37.4 Å². The molecule has 1 fully saturated rings. The van der Waals surface area contributed by atoms with E-state index in [0.29, 0.717) is 67.3 Å². The molecule has 3 aromatic carbocycles. The van der Waals surface area contributed by atoms with E-state index in [0.717, 1.165) is 11.3 Å². The molecule has 1 aliphatic rings. The molecule has 0 aromatic heterocycles. The van der Waals surface area contributed by atoms with E-state index >= 15 is 0 Å². The fourth-order valence-electron chi connectivity index (χ4n) is 4.21. The zero-order valence-electron chi connectivity index (χ0n) is 21.6. The monoisotopic (exact) mass is 537 g/mol. The van der Waals surface area contributed by atoms with Crippen LogP contribution in [0.3, 0.4) is 0 Å². The number of nitrogens with one attached hydrogen (secondary N) is 1. The molecule has 4 rings (SSSR count). The van der Waals surface area contributed by atoms with Crippen LogP contribution in [0.5, 0.6) is 17.2 Å². The number of anilines is 2. The predicted octanol–water partition coefficient (Wildman–Crippen LogP) is 5.14. The summed E-state index contributed by atoms with van der Waals surface area (Å²) in [6, 6.07) is 19.5. The third-order valence-electron chi connectivity index (χ3n) is 6.06. The highest BCUT2D eigenvalue weighted by Gasteiger charge is 2.22. The number of carbonyl (C=O) groups excluding carboxylic acids is 1. The number of carbonyl (C=O) groups is 1. The highest BCUT2D eigenvalue weighted by molar-refractivity contribution is 7.80. The largest absolute Gasteiger partial charge is 0.494 e. The Labute approximate surface area is 228 Å². The van der Waals surface area contributed by atoms with Crippen molar-refractivity contribution in [2.45, 2.75) is 13.8 Å². The van der Waals surface area contributed by atoms with E-state index < -0.39 is 0 Å². The quantitative estimate of drug-likeness (QED) is 0.360. The van der Waals surface area contributed by atoms with E-state index in [1.165, 1.54) is 6.07 Å². The standard InChI is InChI=1S/C29H32FN3O4S/c1-3-35-23-12-10-22(11-13-23)31-28(34)20-37-26-14-9-21(19-27(26)36-4-2)29(38)33-17-15-32(16-18-33)25-8-6-5-7-24(25)30/h5-14,19H,3-4,15-18,20H2,1-2H3,(H,31,34). The molecule has 0 atom stereocenters. The number of piperazine rings is 1. The first-order valence-electron chi connectivity index (χ1n) is 12.7. The Morgan fingerprint density at radius 2 is 1.61 bits per heavy atom. The van der Waals surface area contributed by atoms with Crippen LogP contribution in [0.15, 0.2) is 66.7 Å². The Balaban J connectivity index is 1.34. The average Bonchev–Trinajstić information content (AvgIpc) is 2.94. The maximum absolute atomic E-state index is 14.2. The van der Waals surface area contributed by atoms with Crippen molar-refractivity contribution in [1.82, 2.24) is 4.90 Å². The smallest absolute Gasteiger partial charge is 0.262 e. The molecule has 1 amide bonds. The van der Waals surface area contributed by atoms with Crippen LogP contribution in [0.25, 0.3) is 0 Å². The van der Waals surface area contributed by atoms with E-state index in [4.69, 9.17) is 26.4 Å². The van der Waals surface area contributed by atoms with Gasteiger partial charge < -0.3 is 29.3 Å². The summed E-state index contributed by atoms with van der Waals surface area (Å²) in [7, 11) is 0. The minimum absolute atomic E-state index is 0.172. The summed E-state index contributed by atoms with van der Waals surface area (Å²) in [5, 5.41) is 2.81. The van der Waals surface area contributed by atoms with Crippen molar-refractivity contribution < 1.29 is 23.4 Å². The van der Waals surface area contributed by atoms with Crippen molar-refractivity contribution in [3.63, 3.8) is 0 Å². The van der Waals surface area contributed by atoms with Gasteiger partial charge in [-0.3, -0.25) is 4.79 Å². The molecule has 200 valence electrons. The van der Waals surface area contributed by atoms with Crippen molar-refractivity contribution in [2.75, 3.05) is 56.2 Å². The minimum atomic E-state index is -0.288. The lowest BCUT2D eigenvalue weighted by Gasteiger charge is -2.37. The number of thiocarbonyl (C=S) groups is 1. The highest BCUT2D eigenvalue weighted by Crippen LogP contribution is 2.30. The third-order valence-corrected chi connectivity index (χ3v) is 6.55. The summed E-state index contributed by atoms with van der Waals surface area (Å²) in [5.41, 5.74) is 2.10. The van der Waals surface area contributed by atoms with Crippen LogP contribution in [0, 0.1) is 5.82 Å². The molecule has 0 aliphatic carbocycles. The van der Waals surface area contributed by atoms with Crippen LogP contribution in [0.1, 0.15) is 19.4 Å². The molecule has 3 aromatic rings. The molecule has 7 nitrogen and oxygen atoms in total. The van der Waals surface area contributed by atoms with Gasteiger partial charge in [0.05, 0.1) is 18.9 Å². The molecule has 0 spiro atoms. The Morgan fingerprint density at radius 3 is 2.29 bits per heavy atom. The molecule has 38 heavy (non-hydrogen) atoms. The van der Waals surface area contributed by atoms with Gasteiger partial charge in [0.15, 0.2) is 18.1 Å². The molecular formula is C29H32FN3O4S. The lowest BCUT2D eigenvalue weighted by molar-refractivity contribution is -0.118. The van der Waals surface area contributed by atoms with Gasteiger partial charge in [-0.25, -0.2) is 4.39 Å². The maximum atomic E-state index is 14.2. The van der Waals surface area contributed by atoms with E-state index in [1.807, 2.05) is 36.9 Å². The number of ether oxygens (including phenoxy) is 3. The lowest BCUT2D eigenvalue weighted by atomic mass is 10.1. The van der Waals surface area contributed by atoms with Crippen LogP contribution in [-0.4, -0.2) is 61.8 Å². The topological polar surface area (TPSA) is 63.3 Å². The fraction of sp³-hybridized carbons (Fsp3) is 0.310. The van der Waals surface area contributed by atoms with Gasteiger partial charge in [0.2, 0.25) is 0 Å².